The van der Waals surface area contributed by atoms with Crippen LogP contribution in [0.1, 0.15) is 5.56 Å². The molecule has 1 N–H and O–H groups in total. The van der Waals surface area contributed by atoms with E-state index in [1.165, 1.54) is 20.3 Å². The summed E-state index contributed by atoms with van der Waals surface area (Å²) in [6.45, 7) is -0.426. The molecule has 3 rings (SSSR count). The van der Waals surface area contributed by atoms with Gasteiger partial charge in [-0.2, -0.15) is 0 Å². The Kier molecular flexibility index (Phi) is 7.68. The first kappa shape index (κ1) is 23.6. The summed E-state index contributed by atoms with van der Waals surface area (Å²) in [5.41, 5.74) is 1.02. The number of halogens is 3. The average molecular weight is 591 g/mol. The van der Waals surface area contributed by atoms with Gasteiger partial charge in [-0.25, -0.2) is 0 Å². The van der Waals surface area contributed by atoms with Gasteiger partial charge in [0, 0.05) is 15.7 Å². The van der Waals surface area contributed by atoms with Gasteiger partial charge in [0.05, 0.1) is 28.6 Å². The molecule has 1 fully saturated rings. The molecule has 1 aliphatic heterocycles. The molecule has 0 aromatic heterocycles. The quantitative estimate of drug-likeness (QED) is 0.444. The fourth-order valence-electron chi connectivity index (χ4n) is 2.77. The minimum absolute atomic E-state index is 0.189. The van der Waals surface area contributed by atoms with E-state index in [0.29, 0.717) is 32.2 Å². The lowest BCUT2D eigenvalue weighted by Gasteiger charge is -2.13. The van der Waals surface area contributed by atoms with E-state index in [0.717, 1.165) is 21.1 Å². The largest absolute Gasteiger partial charge is 0.495 e. The number of methoxy groups -OCH3 is 2. The van der Waals surface area contributed by atoms with Crippen LogP contribution >= 0.6 is 55.2 Å². The lowest BCUT2D eigenvalue weighted by atomic mass is 10.2. The van der Waals surface area contributed by atoms with E-state index in [4.69, 9.17) is 21.1 Å². The molecule has 0 unspecified atom stereocenters. The maximum atomic E-state index is 12.7. The van der Waals surface area contributed by atoms with E-state index in [-0.39, 0.29) is 4.91 Å². The fourth-order valence-corrected chi connectivity index (χ4v) is 5.28. The summed E-state index contributed by atoms with van der Waals surface area (Å²) in [4.78, 5) is 38.6. The summed E-state index contributed by atoms with van der Waals surface area (Å²) >= 11 is 13.6. The van der Waals surface area contributed by atoms with Crippen molar-refractivity contribution in [2.45, 2.75) is 0 Å². The highest BCUT2D eigenvalue weighted by atomic mass is 79.9. The summed E-state index contributed by atoms with van der Waals surface area (Å²) in [6, 6.07) is 8.29. The number of imide groups is 1. The molecule has 3 amide bonds. The third-order valence-electron chi connectivity index (χ3n) is 4.14. The zero-order valence-electron chi connectivity index (χ0n) is 16.2. The van der Waals surface area contributed by atoms with Crippen molar-refractivity contribution in [3.05, 3.63) is 54.8 Å². The number of amides is 3. The van der Waals surface area contributed by atoms with Crippen molar-refractivity contribution in [3.63, 3.8) is 0 Å². The van der Waals surface area contributed by atoms with Crippen LogP contribution in [0.15, 0.2) is 44.2 Å². The molecule has 31 heavy (non-hydrogen) atoms. The van der Waals surface area contributed by atoms with Crippen LogP contribution in [0.25, 0.3) is 6.08 Å². The predicted molar refractivity (Wildman–Crippen MR) is 128 cm³/mol. The lowest BCUT2D eigenvalue weighted by molar-refractivity contribution is -0.127. The predicted octanol–water partition coefficient (Wildman–Crippen LogP) is 5.56. The van der Waals surface area contributed by atoms with Crippen LogP contribution in [0.5, 0.6) is 11.5 Å². The van der Waals surface area contributed by atoms with E-state index in [1.54, 1.807) is 30.3 Å². The maximum Gasteiger partial charge on any atom is 0.294 e. The number of ether oxygens (including phenoxy) is 2. The second kappa shape index (κ2) is 10.1. The normalized spacial score (nSPS) is 14.9. The SMILES string of the molecule is COc1ccc(NC(=O)CN2C(=O)S/C(=C/c3cc(Br)cc(Br)c3OC)C2=O)cc1Cl. The van der Waals surface area contributed by atoms with Crippen LogP contribution in [-0.2, 0) is 9.59 Å². The molecule has 0 spiro atoms. The number of anilines is 1. The molecule has 1 saturated heterocycles. The minimum Gasteiger partial charge on any atom is -0.495 e. The maximum absolute atomic E-state index is 12.7. The Morgan fingerprint density at radius 2 is 1.94 bits per heavy atom. The minimum atomic E-state index is -0.559. The second-order valence-corrected chi connectivity index (χ2v) is 9.35. The third-order valence-corrected chi connectivity index (χ3v) is 6.39. The van der Waals surface area contributed by atoms with Gasteiger partial charge in [-0.15, -0.1) is 0 Å². The molecule has 0 atom stereocenters. The fraction of sp³-hybridized carbons (Fsp3) is 0.150. The number of nitrogens with zero attached hydrogens (tertiary/aromatic N) is 1. The molecule has 1 aliphatic rings. The summed E-state index contributed by atoms with van der Waals surface area (Å²) in [5.74, 6) is -0.113. The van der Waals surface area contributed by atoms with E-state index in [2.05, 4.69) is 37.2 Å². The molecular weight excluding hydrogens is 576 g/mol. The molecule has 0 bridgehead atoms. The zero-order valence-corrected chi connectivity index (χ0v) is 20.9. The van der Waals surface area contributed by atoms with Crippen molar-refractivity contribution in [1.29, 1.82) is 0 Å². The Balaban J connectivity index is 1.76. The van der Waals surface area contributed by atoms with E-state index in [9.17, 15) is 14.4 Å². The van der Waals surface area contributed by atoms with Gasteiger partial charge in [-0.1, -0.05) is 27.5 Å². The molecule has 0 aliphatic carbocycles. The number of carbonyl (C=O) groups is 3. The first-order chi connectivity index (χ1) is 14.7. The van der Waals surface area contributed by atoms with Crippen molar-refractivity contribution in [2.75, 3.05) is 26.1 Å². The Morgan fingerprint density at radius 1 is 1.19 bits per heavy atom. The molecule has 7 nitrogen and oxygen atoms in total. The number of nitrogens with one attached hydrogen (secondary N) is 1. The summed E-state index contributed by atoms with van der Waals surface area (Å²) in [7, 11) is 2.99. The van der Waals surface area contributed by atoms with Crippen molar-refractivity contribution >= 4 is 84.0 Å². The first-order valence-electron chi connectivity index (χ1n) is 8.65. The monoisotopic (exact) mass is 588 g/mol. The number of rotatable bonds is 6. The Hall–Kier alpha value is -2.01. The van der Waals surface area contributed by atoms with Gasteiger partial charge in [0.15, 0.2) is 0 Å². The highest BCUT2D eigenvalue weighted by Crippen LogP contribution is 2.38. The first-order valence-corrected chi connectivity index (χ1v) is 11.4. The van der Waals surface area contributed by atoms with Crippen LogP contribution in [0.2, 0.25) is 5.02 Å². The van der Waals surface area contributed by atoms with Crippen LogP contribution in [-0.4, -0.2) is 42.7 Å². The molecule has 0 saturated carbocycles. The highest BCUT2D eigenvalue weighted by Gasteiger charge is 2.36. The van der Waals surface area contributed by atoms with Crippen LogP contribution < -0.4 is 14.8 Å². The third kappa shape index (κ3) is 5.43. The molecule has 2 aromatic rings. The van der Waals surface area contributed by atoms with Gasteiger partial charge in [0.2, 0.25) is 5.91 Å². The highest BCUT2D eigenvalue weighted by molar-refractivity contribution is 9.11. The van der Waals surface area contributed by atoms with Crippen molar-refractivity contribution in [1.82, 2.24) is 4.90 Å². The molecular formula is C20H15Br2ClN2O5S. The Bertz CT molecular complexity index is 1110. The van der Waals surface area contributed by atoms with Gasteiger partial charge in [0.1, 0.15) is 18.0 Å². The van der Waals surface area contributed by atoms with Gasteiger partial charge in [-0.3, -0.25) is 19.3 Å². The summed E-state index contributed by atoms with van der Waals surface area (Å²) in [6.07, 6.45) is 1.56. The Morgan fingerprint density at radius 3 is 2.58 bits per heavy atom. The standard InChI is InChI=1S/C20H15Br2ClN2O5S/c1-29-15-4-3-12(8-14(15)23)24-17(26)9-25-19(27)16(31-20(25)28)6-10-5-11(21)7-13(22)18(10)30-2/h3-8H,9H2,1-2H3,(H,24,26)/b16-6+. The molecule has 2 aromatic carbocycles. The van der Waals surface area contributed by atoms with Gasteiger partial charge in [0.25, 0.3) is 11.1 Å². The van der Waals surface area contributed by atoms with E-state index < -0.39 is 23.6 Å². The number of benzene rings is 2. The van der Waals surface area contributed by atoms with E-state index >= 15 is 0 Å². The van der Waals surface area contributed by atoms with Gasteiger partial charge in [-0.05, 0) is 64.1 Å². The number of hydrogen-bond acceptors (Lipinski definition) is 6. The second-order valence-electron chi connectivity index (χ2n) is 6.18. The number of carbonyl (C=O) groups excluding carboxylic acids is 3. The summed E-state index contributed by atoms with van der Waals surface area (Å²) < 4.78 is 11.9. The Labute approximate surface area is 204 Å². The molecule has 11 heteroatoms. The van der Waals surface area contributed by atoms with Crippen LogP contribution in [0.3, 0.4) is 0 Å². The molecule has 162 valence electrons. The smallest absolute Gasteiger partial charge is 0.294 e. The van der Waals surface area contributed by atoms with Crippen molar-refractivity contribution < 1.29 is 23.9 Å². The van der Waals surface area contributed by atoms with Gasteiger partial charge < -0.3 is 14.8 Å². The topological polar surface area (TPSA) is 84.9 Å². The zero-order chi connectivity index (χ0) is 22.7. The van der Waals surface area contributed by atoms with E-state index in [1.807, 2.05) is 0 Å². The van der Waals surface area contributed by atoms with Crippen molar-refractivity contribution in [3.8, 4) is 11.5 Å². The van der Waals surface area contributed by atoms with Crippen molar-refractivity contribution in [2.24, 2.45) is 0 Å². The molecule has 0 radical (unpaired) electrons. The van der Waals surface area contributed by atoms with Crippen LogP contribution in [0, 0.1) is 0 Å². The number of hydrogen-bond donors (Lipinski definition) is 1. The van der Waals surface area contributed by atoms with Crippen LogP contribution in [0.4, 0.5) is 10.5 Å². The molecule has 1 heterocycles. The van der Waals surface area contributed by atoms with Gasteiger partial charge >= 0.3 is 0 Å². The average Bonchev–Trinajstić information content (AvgIpc) is 2.95. The lowest BCUT2D eigenvalue weighted by Crippen LogP contribution is -2.36. The number of thioether (sulfide) groups is 1. The summed E-state index contributed by atoms with van der Waals surface area (Å²) in [5, 5.41) is 2.40.